The highest BCUT2D eigenvalue weighted by Gasteiger charge is 2.15. The Hall–Kier alpha value is -4.01. The maximum atomic E-state index is 12.2. The summed E-state index contributed by atoms with van der Waals surface area (Å²) in [7, 11) is 0. The number of nitrogens with one attached hydrogen (secondary N) is 2. The molecule has 146 valence electrons. The molecule has 4 rings (SSSR count). The number of rotatable bonds is 6. The lowest BCUT2D eigenvalue weighted by atomic mass is 10.0. The van der Waals surface area contributed by atoms with Crippen molar-refractivity contribution in [2.45, 2.75) is 13.3 Å². The van der Waals surface area contributed by atoms with Crippen LogP contribution < -0.4 is 10.3 Å². The number of ether oxygens (including phenoxy) is 1. The first-order chi connectivity index (χ1) is 14.1. The van der Waals surface area contributed by atoms with E-state index in [0.717, 1.165) is 17.5 Å². The Kier molecular flexibility index (Phi) is 4.78. The zero-order chi connectivity index (χ0) is 20.4. The van der Waals surface area contributed by atoms with E-state index in [1.165, 1.54) is 6.07 Å². The summed E-state index contributed by atoms with van der Waals surface area (Å²) in [5.41, 5.74) is 2.26. The fourth-order valence-electron chi connectivity index (χ4n) is 2.94. The Bertz CT molecular complexity index is 1260. The van der Waals surface area contributed by atoms with Gasteiger partial charge in [0.1, 0.15) is 11.6 Å². The van der Waals surface area contributed by atoms with Crippen LogP contribution in [0.1, 0.15) is 23.7 Å². The average molecular weight is 391 g/mol. The van der Waals surface area contributed by atoms with Crippen LogP contribution in [0.4, 0.5) is 0 Å². The zero-order valence-corrected chi connectivity index (χ0v) is 15.5. The second kappa shape index (κ2) is 7.55. The van der Waals surface area contributed by atoms with Crippen LogP contribution in [0.3, 0.4) is 0 Å². The summed E-state index contributed by atoms with van der Waals surface area (Å²) in [5, 5.41) is 19.3. The molecule has 0 amide bonds. The number of H-pyrrole nitrogens is 2. The van der Waals surface area contributed by atoms with Gasteiger partial charge in [-0.05, 0) is 41.8 Å². The van der Waals surface area contributed by atoms with Crippen molar-refractivity contribution in [2.24, 2.45) is 0 Å². The lowest BCUT2D eigenvalue weighted by Gasteiger charge is -2.13. The molecule has 2 heterocycles. The minimum absolute atomic E-state index is 0.131. The lowest BCUT2D eigenvalue weighted by Crippen LogP contribution is -2.10. The number of hydrogen-bond acceptors (Lipinski definition) is 6. The molecule has 0 fully saturated rings. The van der Waals surface area contributed by atoms with Gasteiger partial charge in [-0.25, -0.2) is 9.78 Å². The van der Waals surface area contributed by atoms with E-state index < -0.39 is 11.5 Å². The number of aromatic carboxylic acids is 1. The van der Waals surface area contributed by atoms with Gasteiger partial charge in [-0.2, -0.15) is 5.21 Å². The van der Waals surface area contributed by atoms with Gasteiger partial charge in [0.25, 0.3) is 5.56 Å². The third-order valence-corrected chi connectivity index (χ3v) is 4.34. The predicted molar refractivity (Wildman–Crippen MR) is 106 cm³/mol. The molecule has 0 aliphatic carbocycles. The van der Waals surface area contributed by atoms with Gasteiger partial charge in [0.05, 0.1) is 17.7 Å². The summed E-state index contributed by atoms with van der Waals surface area (Å²) < 4.78 is 5.89. The van der Waals surface area contributed by atoms with E-state index in [1.807, 2.05) is 19.1 Å². The topological polar surface area (TPSA) is 134 Å². The normalized spacial score (nSPS) is 10.9. The molecule has 0 spiro atoms. The van der Waals surface area contributed by atoms with Crippen molar-refractivity contribution in [3.8, 4) is 28.3 Å². The van der Waals surface area contributed by atoms with E-state index in [1.54, 1.807) is 24.3 Å². The molecule has 29 heavy (non-hydrogen) atoms. The van der Waals surface area contributed by atoms with Crippen molar-refractivity contribution in [3.63, 3.8) is 0 Å². The molecular formula is C20H17N5O4. The van der Waals surface area contributed by atoms with Gasteiger partial charge in [-0.15, -0.1) is 10.2 Å². The second-order valence-corrected chi connectivity index (χ2v) is 6.36. The van der Waals surface area contributed by atoms with Gasteiger partial charge < -0.3 is 14.8 Å². The molecule has 0 atom stereocenters. The molecule has 0 aliphatic heterocycles. The summed E-state index contributed by atoms with van der Waals surface area (Å²) in [6, 6.07) is 12.1. The van der Waals surface area contributed by atoms with E-state index in [4.69, 9.17) is 4.74 Å². The number of carbonyl (C=O) groups is 1. The van der Waals surface area contributed by atoms with Crippen LogP contribution in [-0.2, 0) is 0 Å². The van der Waals surface area contributed by atoms with Crippen LogP contribution in [0.5, 0.6) is 5.75 Å². The predicted octanol–water partition coefficient (Wildman–Crippen LogP) is 2.86. The molecule has 0 aliphatic rings. The molecule has 3 N–H and O–H groups in total. The Labute approximate surface area is 164 Å². The minimum Gasteiger partial charge on any atom is -0.493 e. The lowest BCUT2D eigenvalue weighted by molar-refractivity contribution is 0.0697. The molecule has 2 aromatic carbocycles. The summed E-state index contributed by atoms with van der Waals surface area (Å²) in [6.07, 6.45) is 0.796. The van der Waals surface area contributed by atoms with Crippen molar-refractivity contribution in [1.82, 2.24) is 25.4 Å². The maximum absolute atomic E-state index is 12.2. The van der Waals surface area contributed by atoms with Crippen LogP contribution in [0.25, 0.3) is 33.7 Å². The van der Waals surface area contributed by atoms with Crippen LogP contribution in [0.2, 0.25) is 0 Å². The Morgan fingerprint density at radius 1 is 1.14 bits per heavy atom. The van der Waals surface area contributed by atoms with Gasteiger partial charge in [-0.3, -0.25) is 4.79 Å². The second-order valence-electron chi connectivity index (χ2n) is 6.36. The number of benzene rings is 2. The summed E-state index contributed by atoms with van der Waals surface area (Å²) >= 11 is 0. The number of carboxylic acid groups (broad SMARTS) is 1. The average Bonchev–Trinajstić information content (AvgIpc) is 3.21. The third kappa shape index (κ3) is 3.57. The Balaban J connectivity index is 1.83. The fourth-order valence-corrected chi connectivity index (χ4v) is 2.94. The quantitative estimate of drug-likeness (QED) is 0.460. The molecule has 2 aromatic heterocycles. The fraction of sp³-hybridized carbons (Fsp3) is 0.150. The van der Waals surface area contributed by atoms with Crippen molar-refractivity contribution in [1.29, 1.82) is 0 Å². The zero-order valence-electron chi connectivity index (χ0n) is 15.5. The van der Waals surface area contributed by atoms with E-state index in [2.05, 4.69) is 25.4 Å². The van der Waals surface area contributed by atoms with Gasteiger partial charge in [-0.1, -0.05) is 25.1 Å². The van der Waals surface area contributed by atoms with Gasteiger partial charge >= 0.3 is 5.97 Å². The highest BCUT2D eigenvalue weighted by molar-refractivity contribution is 5.89. The highest BCUT2D eigenvalue weighted by Crippen LogP contribution is 2.33. The molecule has 0 unspecified atom stereocenters. The molecule has 0 saturated heterocycles. The largest absolute Gasteiger partial charge is 0.493 e. The molecule has 0 saturated carbocycles. The minimum atomic E-state index is -0.992. The van der Waals surface area contributed by atoms with Gasteiger partial charge in [0.2, 0.25) is 5.65 Å². The SMILES string of the molecule is CCCOc1cc(-c2cccc(C(=O)O)c2)ccc1-c1nc2n[nH]nc2c(=O)[nH]1. The van der Waals surface area contributed by atoms with E-state index >= 15 is 0 Å². The first-order valence-corrected chi connectivity index (χ1v) is 8.98. The maximum Gasteiger partial charge on any atom is 0.335 e. The number of nitrogens with zero attached hydrogens (tertiary/aromatic N) is 3. The van der Waals surface area contributed by atoms with Crippen molar-refractivity contribution in [2.75, 3.05) is 6.61 Å². The van der Waals surface area contributed by atoms with E-state index in [0.29, 0.717) is 23.7 Å². The van der Waals surface area contributed by atoms with Crippen LogP contribution in [0, 0.1) is 0 Å². The smallest absolute Gasteiger partial charge is 0.335 e. The third-order valence-electron chi connectivity index (χ3n) is 4.34. The summed E-state index contributed by atoms with van der Waals surface area (Å²) in [5.74, 6) is -0.155. The number of aromatic nitrogens is 5. The molecule has 9 nitrogen and oxygen atoms in total. The first kappa shape index (κ1) is 18.4. The highest BCUT2D eigenvalue weighted by atomic mass is 16.5. The monoisotopic (exact) mass is 391 g/mol. The number of hydrogen-bond donors (Lipinski definition) is 3. The van der Waals surface area contributed by atoms with Crippen LogP contribution in [0.15, 0.2) is 47.3 Å². The number of fused-ring (bicyclic) bond motifs is 1. The van der Waals surface area contributed by atoms with Gasteiger partial charge in [0, 0.05) is 0 Å². The molecule has 4 aromatic rings. The van der Waals surface area contributed by atoms with E-state index in [-0.39, 0.29) is 16.7 Å². The van der Waals surface area contributed by atoms with Crippen molar-refractivity contribution < 1.29 is 14.6 Å². The molecule has 0 radical (unpaired) electrons. The van der Waals surface area contributed by atoms with Gasteiger partial charge in [0.15, 0.2) is 5.52 Å². The first-order valence-electron chi connectivity index (χ1n) is 8.98. The Morgan fingerprint density at radius 2 is 1.97 bits per heavy atom. The summed E-state index contributed by atoms with van der Waals surface area (Å²) in [4.78, 5) is 30.6. The molecule has 0 bridgehead atoms. The molecular weight excluding hydrogens is 374 g/mol. The van der Waals surface area contributed by atoms with Crippen molar-refractivity contribution in [3.05, 3.63) is 58.4 Å². The number of carboxylic acids is 1. The Morgan fingerprint density at radius 3 is 2.76 bits per heavy atom. The van der Waals surface area contributed by atoms with Crippen LogP contribution in [-0.4, -0.2) is 43.1 Å². The number of aromatic amines is 2. The molecule has 9 heteroatoms. The summed E-state index contributed by atoms with van der Waals surface area (Å²) in [6.45, 7) is 2.46. The van der Waals surface area contributed by atoms with E-state index in [9.17, 15) is 14.7 Å². The van der Waals surface area contributed by atoms with Crippen molar-refractivity contribution >= 4 is 17.1 Å². The van der Waals surface area contributed by atoms with Crippen LogP contribution >= 0.6 is 0 Å². The standard InChI is InChI=1S/C20H17N5O4/c1-2-8-29-15-10-12(11-4-3-5-13(9-11)20(27)28)6-7-14(15)17-21-18-16(19(26)22-17)23-25-24-18/h3-7,9-10H,2,8H2,1H3,(H,27,28)(H2,21,22,23,24,25,26).